The van der Waals surface area contributed by atoms with Crippen LogP contribution in [0.15, 0.2) is 6.07 Å². The second-order valence-electron chi connectivity index (χ2n) is 6.10. The first-order valence-corrected chi connectivity index (χ1v) is 9.01. The number of hydrogen-bond acceptors (Lipinski definition) is 3. The van der Waals surface area contributed by atoms with Gasteiger partial charge in [-0.25, -0.2) is 0 Å². The zero-order chi connectivity index (χ0) is 15.1. The van der Waals surface area contributed by atoms with Gasteiger partial charge in [0.2, 0.25) is 0 Å². The van der Waals surface area contributed by atoms with Crippen LogP contribution < -0.4 is 0 Å². The number of carboxylic acid groups (broad SMARTS) is 1. The molecule has 0 aromatic carbocycles. The van der Waals surface area contributed by atoms with Crippen molar-refractivity contribution in [3.63, 3.8) is 0 Å². The van der Waals surface area contributed by atoms with Crippen LogP contribution in [0.3, 0.4) is 0 Å². The highest BCUT2D eigenvalue weighted by molar-refractivity contribution is 7.20. The molecule has 1 aliphatic heterocycles. The number of halogens is 2. The van der Waals surface area contributed by atoms with Crippen LogP contribution in [0.4, 0.5) is 0 Å². The smallest absolute Gasteiger partial charge is 0.320 e. The standard InChI is InChI=1S/C15H19Cl2NO2S/c1-8(10-7-13(16)21-14(10)17)18-11-5-3-2-4-9(11)6-12(18)15(19)20/h7-9,11-12H,2-6H2,1H3,(H,19,20). The van der Waals surface area contributed by atoms with Gasteiger partial charge in [-0.2, -0.15) is 0 Å². The van der Waals surface area contributed by atoms with Crippen LogP contribution >= 0.6 is 34.5 Å². The van der Waals surface area contributed by atoms with E-state index >= 15 is 0 Å². The minimum absolute atomic E-state index is 0.00421. The molecule has 0 spiro atoms. The predicted octanol–water partition coefficient (Wildman–Crippen LogP) is 4.83. The first-order chi connectivity index (χ1) is 9.99. The maximum absolute atomic E-state index is 11.7. The van der Waals surface area contributed by atoms with E-state index in [2.05, 4.69) is 11.8 Å². The zero-order valence-corrected chi connectivity index (χ0v) is 14.2. The minimum Gasteiger partial charge on any atom is -0.480 e. The molecule has 116 valence electrons. The second-order valence-corrected chi connectivity index (χ2v) is 8.39. The number of aliphatic carboxylic acids is 1. The summed E-state index contributed by atoms with van der Waals surface area (Å²) >= 11 is 13.7. The summed E-state index contributed by atoms with van der Waals surface area (Å²) < 4.78 is 1.34. The van der Waals surface area contributed by atoms with Gasteiger partial charge in [-0.15, -0.1) is 11.3 Å². The predicted molar refractivity (Wildman–Crippen MR) is 86.4 cm³/mol. The molecule has 2 fully saturated rings. The Morgan fingerprint density at radius 1 is 1.43 bits per heavy atom. The molecule has 1 aromatic rings. The molecule has 1 saturated heterocycles. The van der Waals surface area contributed by atoms with Crippen molar-refractivity contribution < 1.29 is 9.90 Å². The third-order valence-corrected chi connectivity index (χ3v) is 6.52. The molecular weight excluding hydrogens is 329 g/mol. The van der Waals surface area contributed by atoms with Gasteiger partial charge in [0, 0.05) is 17.6 Å². The molecule has 0 amide bonds. The van der Waals surface area contributed by atoms with Gasteiger partial charge in [-0.1, -0.05) is 36.0 Å². The summed E-state index contributed by atoms with van der Waals surface area (Å²) in [5.74, 6) is -0.205. The van der Waals surface area contributed by atoms with Crippen molar-refractivity contribution in [3.05, 3.63) is 20.3 Å². The third-order valence-electron chi connectivity index (χ3n) is 5.00. The largest absolute Gasteiger partial charge is 0.480 e. The van der Waals surface area contributed by atoms with Crippen molar-refractivity contribution >= 4 is 40.5 Å². The molecule has 3 rings (SSSR count). The third kappa shape index (κ3) is 2.83. The lowest BCUT2D eigenvalue weighted by atomic mass is 9.84. The van der Waals surface area contributed by atoms with E-state index in [0.717, 1.165) is 24.8 Å². The molecule has 2 aliphatic rings. The fraction of sp³-hybridized carbons (Fsp3) is 0.667. The molecule has 21 heavy (non-hydrogen) atoms. The molecular formula is C15H19Cl2NO2S. The molecule has 6 heteroatoms. The van der Waals surface area contributed by atoms with E-state index in [1.807, 2.05) is 6.07 Å². The number of thiophene rings is 1. The summed E-state index contributed by atoms with van der Waals surface area (Å²) in [5, 5.41) is 9.60. The SMILES string of the molecule is CC(c1cc(Cl)sc1Cl)N1C(C(=O)O)CC2CCCCC21. The number of fused-ring (bicyclic) bond motifs is 1. The summed E-state index contributed by atoms with van der Waals surface area (Å²) in [7, 11) is 0. The maximum atomic E-state index is 11.7. The topological polar surface area (TPSA) is 40.5 Å². The average Bonchev–Trinajstić information content (AvgIpc) is 2.98. The Morgan fingerprint density at radius 2 is 2.14 bits per heavy atom. The molecule has 3 nitrogen and oxygen atoms in total. The lowest BCUT2D eigenvalue weighted by Gasteiger charge is -2.37. The van der Waals surface area contributed by atoms with Crippen molar-refractivity contribution in [1.82, 2.24) is 4.90 Å². The molecule has 1 saturated carbocycles. The van der Waals surface area contributed by atoms with Crippen LogP contribution in [-0.2, 0) is 4.79 Å². The van der Waals surface area contributed by atoms with Crippen LogP contribution in [0, 0.1) is 5.92 Å². The molecule has 4 unspecified atom stereocenters. The Labute approximate surface area is 138 Å². The molecule has 0 bridgehead atoms. The lowest BCUT2D eigenvalue weighted by molar-refractivity contribution is -0.143. The Balaban J connectivity index is 1.92. The van der Waals surface area contributed by atoms with E-state index in [4.69, 9.17) is 23.2 Å². The normalized spacial score (nSPS) is 31.1. The minimum atomic E-state index is -0.714. The number of hydrogen-bond donors (Lipinski definition) is 1. The highest BCUT2D eigenvalue weighted by Crippen LogP contribution is 2.46. The van der Waals surface area contributed by atoms with Gasteiger partial charge in [0.1, 0.15) is 6.04 Å². The van der Waals surface area contributed by atoms with E-state index in [1.165, 1.54) is 24.2 Å². The van der Waals surface area contributed by atoms with Gasteiger partial charge in [0.15, 0.2) is 0 Å². The molecule has 4 atom stereocenters. The summed E-state index contributed by atoms with van der Waals surface area (Å²) in [5.41, 5.74) is 0.962. The number of carboxylic acids is 1. The molecule has 1 aliphatic carbocycles. The zero-order valence-electron chi connectivity index (χ0n) is 11.9. The second kappa shape index (κ2) is 6.07. The van der Waals surface area contributed by atoms with E-state index in [0.29, 0.717) is 20.6 Å². The molecule has 1 N–H and O–H groups in total. The van der Waals surface area contributed by atoms with Crippen LogP contribution in [0.1, 0.15) is 50.6 Å². The highest BCUT2D eigenvalue weighted by Gasteiger charge is 2.47. The van der Waals surface area contributed by atoms with Gasteiger partial charge in [-0.05, 0) is 38.2 Å². The van der Waals surface area contributed by atoms with Crippen molar-refractivity contribution in [1.29, 1.82) is 0 Å². The van der Waals surface area contributed by atoms with Crippen molar-refractivity contribution in [2.45, 2.75) is 57.2 Å². The fourth-order valence-electron chi connectivity index (χ4n) is 4.08. The van der Waals surface area contributed by atoms with E-state index in [1.54, 1.807) is 0 Å². The first kappa shape index (κ1) is 15.6. The summed E-state index contributed by atoms with van der Waals surface area (Å²) in [6, 6.07) is 1.84. The quantitative estimate of drug-likeness (QED) is 0.850. The number of nitrogens with zero attached hydrogens (tertiary/aromatic N) is 1. The molecule has 0 radical (unpaired) electrons. The fourth-order valence-corrected chi connectivity index (χ4v) is 5.71. The maximum Gasteiger partial charge on any atom is 0.320 e. The molecule has 1 aromatic heterocycles. The van der Waals surface area contributed by atoms with Crippen LogP contribution in [-0.4, -0.2) is 28.1 Å². The van der Waals surface area contributed by atoms with Crippen molar-refractivity contribution in [3.8, 4) is 0 Å². The summed E-state index contributed by atoms with van der Waals surface area (Å²) in [6.07, 6.45) is 5.42. The van der Waals surface area contributed by atoms with Gasteiger partial charge in [-0.3, -0.25) is 9.69 Å². The van der Waals surface area contributed by atoms with E-state index in [-0.39, 0.29) is 6.04 Å². The van der Waals surface area contributed by atoms with Crippen LogP contribution in [0.2, 0.25) is 8.67 Å². The number of rotatable bonds is 3. The van der Waals surface area contributed by atoms with Gasteiger partial charge >= 0.3 is 5.97 Å². The number of likely N-dealkylation sites (tertiary alicyclic amines) is 1. The van der Waals surface area contributed by atoms with E-state index < -0.39 is 12.0 Å². The Morgan fingerprint density at radius 3 is 2.76 bits per heavy atom. The van der Waals surface area contributed by atoms with E-state index in [9.17, 15) is 9.90 Å². The van der Waals surface area contributed by atoms with Crippen LogP contribution in [0.5, 0.6) is 0 Å². The highest BCUT2D eigenvalue weighted by atomic mass is 35.5. The monoisotopic (exact) mass is 347 g/mol. The van der Waals surface area contributed by atoms with Gasteiger partial charge in [0.25, 0.3) is 0 Å². The Bertz CT molecular complexity index is 548. The Kier molecular flexibility index (Phi) is 4.51. The molecule has 2 heterocycles. The average molecular weight is 348 g/mol. The Hall–Kier alpha value is -0.290. The number of carbonyl (C=O) groups is 1. The van der Waals surface area contributed by atoms with Gasteiger partial charge < -0.3 is 5.11 Å². The van der Waals surface area contributed by atoms with Crippen LogP contribution in [0.25, 0.3) is 0 Å². The van der Waals surface area contributed by atoms with Crippen molar-refractivity contribution in [2.75, 3.05) is 0 Å². The van der Waals surface area contributed by atoms with Crippen molar-refractivity contribution in [2.24, 2.45) is 5.92 Å². The lowest BCUT2D eigenvalue weighted by Crippen LogP contribution is -2.43. The first-order valence-electron chi connectivity index (χ1n) is 7.44. The summed E-state index contributed by atoms with van der Waals surface area (Å²) in [4.78, 5) is 13.9. The summed E-state index contributed by atoms with van der Waals surface area (Å²) in [6.45, 7) is 2.05. The van der Waals surface area contributed by atoms with Gasteiger partial charge in [0.05, 0.1) is 8.67 Å².